The average molecular weight is 431 g/mol. The minimum absolute atomic E-state index is 0.00253. The highest BCUT2D eigenvalue weighted by molar-refractivity contribution is 7.92. The molecule has 30 heavy (non-hydrogen) atoms. The van der Waals surface area contributed by atoms with Gasteiger partial charge in [-0.2, -0.15) is 0 Å². The van der Waals surface area contributed by atoms with Crippen LogP contribution in [0.2, 0.25) is 0 Å². The minimum Gasteiger partial charge on any atom is -0.467 e. The first kappa shape index (κ1) is 21.8. The summed E-state index contributed by atoms with van der Waals surface area (Å²) in [5.74, 6) is -0.968. The Labute approximate surface area is 177 Å². The van der Waals surface area contributed by atoms with Gasteiger partial charge in [-0.3, -0.25) is 9.10 Å². The molecular weight excluding hydrogens is 404 g/mol. The maximum atomic E-state index is 13.0. The number of rotatable bonds is 6. The molecular formula is C22H26N2O5S. The third-order valence-corrected chi connectivity index (χ3v) is 7.29. The van der Waals surface area contributed by atoms with Crippen LogP contribution < -0.4 is 9.62 Å². The fraction of sp³-hybridized carbons (Fsp3) is 0.364. The van der Waals surface area contributed by atoms with E-state index in [1.54, 1.807) is 30.3 Å². The number of carbonyl (C=O) groups is 2. The van der Waals surface area contributed by atoms with Crippen LogP contribution in [0.4, 0.5) is 5.69 Å². The number of nitrogens with one attached hydrogen (secondary N) is 1. The van der Waals surface area contributed by atoms with Gasteiger partial charge < -0.3 is 10.1 Å². The highest BCUT2D eigenvalue weighted by atomic mass is 32.2. The Hall–Kier alpha value is -2.87. The van der Waals surface area contributed by atoms with Crippen LogP contribution in [-0.4, -0.2) is 40.0 Å². The molecule has 0 aliphatic heterocycles. The second-order valence-electron chi connectivity index (χ2n) is 7.42. The maximum absolute atomic E-state index is 13.0. The fourth-order valence-electron chi connectivity index (χ4n) is 3.75. The van der Waals surface area contributed by atoms with Gasteiger partial charge in [-0.05, 0) is 43.2 Å². The second kappa shape index (κ2) is 8.87. The quantitative estimate of drug-likeness (QED) is 0.711. The van der Waals surface area contributed by atoms with Gasteiger partial charge in [0.05, 0.1) is 17.7 Å². The lowest BCUT2D eigenvalue weighted by Gasteiger charge is -2.35. The molecule has 160 valence electrons. The summed E-state index contributed by atoms with van der Waals surface area (Å²) < 4.78 is 32.2. The zero-order valence-corrected chi connectivity index (χ0v) is 17.9. The van der Waals surface area contributed by atoms with Crippen LogP contribution in [0.3, 0.4) is 0 Å². The molecule has 2 aromatic rings. The molecule has 0 radical (unpaired) electrons. The summed E-state index contributed by atoms with van der Waals surface area (Å²) in [5, 5.41) is 2.82. The van der Waals surface area contributed by atoms with Crippen molar-refractivity contribution in [2.24, 2.45) is 0 Å². The van der Waals surface area contributed by atoms with Crippen molar-refractivity contribution >= 4 is 27.6 Å². The van der Waals surface area contributed by atoms with Crippen molar-refractivity contribution in [1.82, 2.24) is 5.32 Å². The summed E-state index contributed by atoms with van der Waals surface area (Å²) in [6.07, 6.45) is 3.62. The first-order valence-electron chi connectivity index (χ1n) is 9.85. The van der Waals surface area contributed by atoms with Gasteiger partial charge >= 0.3 is 5.97 Å². The van der Waals surface area contributed by atoms with Crippen LogP contribution in [0.1, 0.15) is 42.5 Å². The number of nitrogens with zero attached hydrogens (tertiary/aromatic N) is 1. The monoisotopic (exact) mass is 430 g/mol. The Morgan fingerprint density at radius 2 is 1.67 bits per heavy atom. The normalized spacial score (nSPS) is 15.8. The molecule has 7 nitrogen and oxygen atoms in total. The van der Waals surface area contributed by atoms with E-state index < -0.39 is 27.4 Å². The predicted octanol–water partition coefficient (Wildman–Crippen LogP) is 3.12. The molecule has 0 spiro atoms. The number of hydrogen-bond donors (Lipinski definition) is 1. The number of hydrogen-bond acceptors (Lipinski definition) is 5. The van der Waals surface area contributed by atoms with Crippen LogP contribution in [0.15, 0.2) is 59.5 Å². The Morgan fingerprint density at radius 3 is 2.30 bits per heavy atom. The molecule has 2 aromatic carbocycles. The van der Waals surface area contributed by atoms with Crippen molar-refractivity contribution < 1.29 is 22.7 Å². The van der Waals surface area contributed by atoms with E-state index in [4.69, 9.17) is 4.74 Å². The van der Waals surface area contributed by atoms with Crippen LogP contribution >= 0.6 is 0 Å². The number of para-hydroxylation sites is 1. The summed E-state index contributed by atoms with van der Waals surface area (Å²) in [6.45, 7) is 0. The summed E-state index contributed by atoms with van der Waals surface area (Å²) in [7, 11) is -1.09. The molecule has 1 saturated carbocycles. The van der Waals surface area contributed by atoms with Crippen molar-refractivity contribution in [3.05, 3.63) is 60.2 Å². The lowest BCUT2D eigenvalue weighted by atomic mass is 9.81. The smallest absolute Gasteiger partial charge is 0.331 e. The van der Waals surface area contributed by atoms with Crippen LogP contribution in [0.5, 0.6) is 0 Å². The molecule has 0 unspecified atom stereocenters. The van der Waals surface area contributed by atoms with Gasteiger partial charge in [-0.15, -0.1) is 0 Å². The van der Waals surface area contributed by atoms with Gasteiger partial charge in [0.1, 0.15) is 5.54 Å². The zero-order chi connectivity index (χ0) is 21.8. The molecule has 1 fully saturated rings. The van der Waals surface area contributed by atoms with Crippen molar-refractivity contribution in [2.45, 2.75) is 42.5 Å². The van der Waals surface area contributed by atoms with E-state index >= 15 is 0 Å². The molecule has 1 aliphatic carbocycles. The van der Waals surface area contributed by atoms with E-state index in [1.807, 2.05) is 0 Å². The molecule has 0 bridgehead atoms. The van der Waals surface area contributed by atoms with Gasteiger partial charge in [-0.25, -0.2) is 13.2 Å². The highest BCUT2D eigenvalue weighted by Crippen LogP contribution is 2.30. The Bertz CT molecular complexity index is 1010. The van der Waals surface area contributed by atoms with E-state index in [9.17, 15) is 18.0 Å². The number of amides is 1. The number of carbonyl (C=O) groups excluding carboxylic acids is 2. The maximum Gasteiger partial charge on any atom is 0.331 e. The van der Waals surface area contributed by atoms with E-state index in [-0.39, 0.29) is 10.5 Å². The Balaban J connectivity index is 1.87. The van der Waals surface area contributed by atoms with Crippen LogP contribution in [0, 0.1) is 0 Å². The lowest BCUT2D eigenvalue weighted by molar-refractivity contribution is -0.149. The summed E-state index contributed by atoms with van der Waals surface area (Å²) >= 11 is 0. The summed E-state index contributed by atoms with van der Waals surface area (Å²) in [6, 6.07) is 14.5. The number of benzene rings is 2. The summed E-state index contributed by atoms with van der Waals surface area (Å²) in [4.78, 5) is 25.3. The molecule has 3 rings (SSSR count). The molecule has 0 saturated heterocycles. The molecule has 0 aromatic heterocycles. The lowest BCUT2D eigenvalue weighted by Crippen LogP contribution is -2.56. The van der Waals surface area contributed by atoms with Gasteiger partial charge in [0.15, 0.2) is 0 Å². The van der Waals surface area contributed by atoms with E-state index in [2.05, 4.69) is 5.32 Å². The Kier molecular flexibility index (Phi) is 6.45. The molecule has 0 heterocycles. The standard InChI is InChI=1S/C22H26N2O5S/c1-24(18-11-5-3-6-12-18)30(27,28)19-13-9-10-17(16-19)20(25)23-22(21(26)29-2)14-7-4-8-15-22/h3,5-6,9-13,16H,4,7-8,14-15H2,1-2H3,(H,23,25). The van der Waals surface area contributed by atoms with E-state index in [1.165, 1.54) is 42.7 Å². The number of esters is 1. The topological polar surface area (TPSA) is 92.8 Å². The first-order valence-corrected chi connectivity index (χ1v) is 11.3. The largest absolute Gasteiger partial charge is 0.467 e. The van der Waals surface area contributed by atoms with Crippen molar-refractivity contribution in [3.63, 3.8) is 0 Å². The van der Waals surface area contributed by atoms with Gasteiger partial charge in [0, 0.05) is 12.6 Å². The number of sulfonamides is 1. The number of ether oxygens (including phenoxy) is 1. The van der Waals surface area contributed by atoms with E-state index in [0.717, 1.165) is 19.3 Å². The molecule has 0 atom stereocenters. The molecule has 1 aliphatic rings. The molecule has 1 amide bonds. The van der Waals surface area contributed by atoms with Crippen molar-refractivity contribution in [2.75, 3.05) is 18.5 Å². The SMILES string of the molecule is COC(=O)C1(NC(=O)c2cccc(S(=O)(=O)N(C)c3ccccc3)c2)CCCCC1. The number of methoxy groups -OCH3 is 1. The van der Waals surface area contributed by atoms with Crippen LogP contribution in [0.25, 0.3) is 0 Å². The van der Waals surface area contributed by atoms with Crippen molar-refractivity contribution in [3.8, 4) is 0 Å². The third-order valence-electron chi connectivity index (χ3n) is 5.51. The highest BCUT2D eigenvalue weighted by Gasteiger charge is 2.42. The first-order chi connectivity index (χ1) is 14.3. The molecule has 8 heteroatoms. The summed E-state index contributed by atoms with van der Waals surface area (Å²) in [5.41, 5.74) is -0.384. The number of anilines is 1. The minimum atomic E-state index is -3.86. The van der Waals surface area contributed by atoms with Gasteiger partial charge in [0.25, 0.3) is 15.9 Å². The van der Waals surface area contributed by atoms with E-state index in [0.29, 0.717) is 18.5 Å². The van der Waals surface area contributed by atoms with Gasteiger partial charge in [-0.1, -0.05) is 43.5 Å². The third kappa shape index (κ3) is 4.33. The van der Waals surface area contributed by atoms with Gasteiger partial charge in [0.2, 0.25) is 0 Å². The molecule has 1 N–H and O–H groups in total. The average Bonchev–Trinajstić information content (AvgIpc) is 2.79. The van der Waals surface area contributed by atoms with Crippen molar-refractivity contribution in [1.29, 1.82) is 0 Å². The Morgan fingerprint density at radius 1 is 1.00 bits per heavy atom. The predicted molar refractivity (Wildman–Crippen MR) is 114 cm³/mol. The van der Waals surface area contributed by atoms with Crippen LogP contribution in [-0.2, 0) is 19.6 Å². The second-order valence-corrected chi connectivity index (χ2v) is 9.39. The fourth-order valence-corrected chi connectivity index (χ4v) is 4.99. The zero-order valence-electron chi connectivity index (χ0n) is 17.1.